The smallest absolute Gasteiger partial charge is 0.0465 e. The van der Waals surface area contributed by atoms with E-state index in [1.807, 2.05) is 0 Å². The van der Waals surface area contributed by atoms with Gasteiger partial charge in [0.1, 0.15) is 0 Å². The number of hydrogen-bond acceptors (Lipinski definition) is 1. The summed E-state index contributed by atoms with van der Waals surface area (Å²) in [6.45, 7) is 4.74. The summed E-state index contributed by atoms with van der Waals surface area (Å²) in [7, 11) is 0. The molecule has 0 spiro atoms. The molecule has 0 N–H and O–H groups in total. The first-order valence-electron chi connectivity index (χ1n) is 15.4. The molecule has 0 aromatic heterocycles. The Balaban J connectivity index is 1.22. The lowest BCUT2D eigenvalue weighted by atomic mass is 9.81. The van der Waals surface area contributed by atoms with Gasteiger partial charge in [0.15, 0.2) is 0 Å². The third-order valence-electron chi connectivity index (χ3n) is 9.25. The van der Waals surface area contributed by atoms with Gasteiger partial charge >= 0.3 is 0 Å². The van der Waals surface area contributed by atoms with Crippen LogP contribution in [-0.2, 0) is 5.41 Å². The van der Waals surface area contributed by atoms with E-state index in [4.69, 9.17) is 0 Å². The number of anilines is 3. The van der Waals surface area contributed by atoms with Crippen LogP contribution in [0.2, 0.25) is 0 Å². The predicted molar refractivity (Wildman–Crippen MR) is 187 cm³/mol. The molecule has 0 amide bonds. The van der Waals surface area contributed by atoms with Crippen LogP contribution >= 0.6 is 0 Å². The van der Waals surface area contributed by atoms with E-state index < -0.39 is 0 Å². The van der Waals surface area contributed by atoms with Crippen LogP contribution in [0.3, 0.4) is 0 Å². The molecule has 0 radical (unpaired) electrons. The summed E-state index contributed by atoms with van der Waals surface area (Å²) in [6, 6.07) is 59.5. The van der Waals surface area contributed by atoms with Crippen LogP contribution in [0.25, 0.3) is 44.2 Å². The highest BCUT2D eigenvalue weighted by Crippen LogP contribution is 2.51. The fourth-order valence-electron chi connectivity index (χ4n) is 6.97. The average molecular weight is 564 g/mol. The quantitative estimate of drug-likeness (QED) is 0.201. The van der Waals surface area contributed by atoms with E-state index >= 15 is 0 Å². The molecule has 1 aliphatic rings. The van der Waals surface area contributed by atoms with E-state index in [-0.39, 0.29) is 5.41 Å². The second kappa shape index (κ2) is 10.4. The number of fused-ring (bicyclic) bond motifs is 4. The van der Waals surface area contributed by atoms with Crippen molar-refractivity contribution in [2.24, 2.45) is 0 Å². The lowest BCUT2D eigenvalue weighted by Gasteiger charge is -2.28. The van der Waals surface area contributed by atoms with E-state index in [0.29, 0.717) is 0 Å². The van der Waals surface area contributed by atoms with Gasteiger partial charge in [0.25, 0.3) is 0 Å². The number of benzene rings is 7. The van der Waals surface area contributed by atoms with Gasteiger partial charge < -0.3 is 4.90 Å². The topological polar surface area (TPSA) is 3.24 Å². The lowest BCUT2D eigenvalue weighted by molar-refractivity contribution is 0.660. The summed E-state index contributed by atoms with van der Waals surface area (Å²) in [6.07, 6.45) is 0. The third kappa shape index (κ3) is 4.32. The van der Waals surface area contributed by atoms with Crippen LogP contribution in [0.4, 0.5) is 17.1 Å². The lowest BCUT2D eigenvalue weighted by Crippen LogP contribution is -2.16. The summed E-state index contributed by atoms with van der Waals surface area (Å²) < 4.78 is 0. The van der Waals surface area contributed by atoms with E-state index in [1.165, 1.54) is 61.0 Å². The average Bonchev–Trinajstić information content (AvgIpc) is 3.31. The first-order chi connectivity index (χ1) is 21.6. The molecular weight excluding hydrogens is 530 g/mol. The molecule has 7 aromatic carbocycles. The zero-order chi connectivity index (χ0) is 29.7. The van der Waals surface area contributed by atoms with Gasteiger partial charge in [0, 0.05) is 22.5 Å². The maximum Gasteiger partial charge on any atom is 0.0465 e. The molecule has 1 nitrogen and oxygen atoms in total. The molecule has 1 heteroatoms. The Morgan fingerprint density at radius 2 is 0.955 bits per heavy atom. The van der Waals surface area contributed by atoms with Crippen LogP contribution in [-0.4, -0.2) is 0 Å². The second-order valence-electron chi connectivity index (χ2n) is 12.2. The van der Waals surface area contributed by atoms with Gasteiger partial charge in [0.05, 0.1) is 0 Å². The van der Waals surface area contributed by atoms with E-state index in [9.17, 15) is 0 Å². The SMILES string of the molecule is CC1(C)c2cc(-c3ccc4cccc(-c5ccccc5)c4c3)ccc2-c2ccc(N(c3ccccc3)c3ccccc3)cc21. The first kappa shape index (κ1) is 26.2. The van der Waals surface area contributed by atoms with Crippen molar-refractivity contribution in [3.05, 3.63) is 175 Å². The molecule has 0 atom stereocenters. The van der Waals surface area contributed by atoms with Crippen molar-refractivity contribution in [1.29, 1.82) is 0 Å². The van der Waals surface area contributed by atoms with Crippen molar-refractivity contribution in [3.8, 4) is 33.4 Å². The summed E-state index contributed by atoms with van der Waals surface area (Å²) in [5.74, 6) is 0. The molecule has 0 aliphatic heterocycles. The second-order valence-corrected chi connectivity index (χ2v) is 12.2. The highest BCUT2D eigenvalue weighted by Gasteiger charge is 2.36. The molecule has 44 heavy (non-hydrogen) atoms. The van der Waals surface area contributed by atoms with Crippen molar-refractivity contribution in [2.45, 2.75) is 19.3 Å². The standard InChI is InChI=1S/C43H33N/c1-43(2)41-28-33(32-22-21-31-15-12-20-37(40(31)27-32)30-13-6-3-7-14-30)23-25-38(41)39-26-24-36(29-42(39)43)44(34-16-8-4-9-17-34)35-18-10-5-11-19-35/h3-29H,1-2H3. The van der Waals surface area contributed by atoms with Crippen molar-refractivity contribution >= 4 is 27.8 Å². The molecule has 0 unspecified atom stereocenters. The molecule has 1 aliphatic carbocycles. The highest BCUT2D eigenvalue weighted by molar-refractivity contribution is 5.99. The monoisotopic (exact) mass is 563 g/mol. The summed E-state index contributed by atoms with van der Waals surface area (Å²) in [5, 5.41) is 2.55. The molecule has 0 fully saturated rings. The molecule has 0 bridgehead atoms. The van der Waals surface area contributed by atoms with Crippen molar-refractivity contribution in [3.63, 3.8) is 0 Å². The van der Waals surface area contributed by atoms with Crippen LogP contribution < -0.4 is 4.90 Å². The van der Waals surface area contributed by atoms with E-state index in [1.54, 1.807) is 0 Å². The van der Waals surface area contributed by atoms with Crippen LogP contribution in [0.15, 0.2) is 164 Å². The van der Waals surface area contributed by atoms with Gasteiger partial charge in [-0.1, -0.05) is 129 Å². The van der Waals surface area contributed by atoms with Crippen LogP contribution in [0, 0.1) is 0 Å². The maximum absolute atomic E-state index is 2.42. The maximum atomic E-state index is 2.42. The van der Waals surface area contributed by atoms with E-state index in [0.717, 1.165) is 11.4 Å². The number of para-hydroxylation sites is 2. The van der Waals surface area contributed by atoms with Gasteiger partial charge in [-0.2, -0.15) is 0 Å². The van der Waals surface area contributed by atoms with Crippen molar-refractivity contribution in [1.82, 2.24) is 0 Å². The molecule has 0 saturated carbocycles. The molecule has 0 heterocycles. The van der Waals surface area contributed by atoms with Gasteiger partial charge in [-0.05, 0) is 104 Å². The minimum absolute atomic E-state index is 0.137. The Morgan fingerprint density at radius 3 is 1.64 bits per heavy atom. The van der Waals surface area contributed by atoms with Gasteiger partial charge in [-0.15, -0.1) is 0 Å². The van der Waals surface area contributed by atoms with Gasteiger partial charge in [-0.3, -0.25) is 0 Å². The number of nitrogens with zero attached hydrogens (tertiary/aromatic N) is 1. The zero-order valence-corrected chi connectivity index (χ0v) is 25.0. The Hall–Kier alpha value is -5.40. The third-order valence-corrected chi connectivity index (χ3v) is 9.25. The highest BCUT2D eigenvalue weighted by atomic mass is 15.1. The van der Waals surface area contributed by atoms with Crippen LogP contribution in [0.1, 0.15) is 25.0 Å². The zero-order valence-electron chi connectivity index (χ0n) is 25.0. The fourth-order valence-corrected chi connectivity index (χ4v) is 6.97. The Kier molecular flexibility index (Phi) is 6.20. The summed E-state index contributed by atoms with van der Waals surface area (Å²) >= 11 is 0. The predicted octanol–water partition coefficient (Wildman–Crippen LogP) is 11.9. The molecule has 0 saturated heterocycles. The molecule has 210 valence electrons. The molecule has 8 rings (SSSR count). The summed E-state index contributed by atoms with van der Waals surface area (Å²) in [4.78, 5) is 2.35. The minimum atomic E-state index is -0.137. The van der Waals surface area contributed by atoms with Crippen molar-refractivity contribution < 1.29 is 0 Å². The largest absolute Gasteiger partial charge is 0.310 e. The van der Waals surface area contributed by atoms with Crippen LogP contribution in [0.5, 0.6) is 0 Å². The van der Waals surface area contributed by atoms with Gasteiger partial charge in [-0.25, -0.2) is 0 Å². The van der Waals surface area contributed by atoms with E-state index in [2.05, 4.69) is 183 Å². The van der Waals surface area contributed by atoms with Crippen molar-refractivity contribution in [2.75, 3.05) is 4.90 Å². The molecule has 7 aromatic rings. The van der Waals surface area contributed by atoms with Gasteiger partial charge in [0.2, 0.25) is 0 Å². The number of hydrogen-bond donors (Lipinski definition) is 0. The normalized spacial score (nSPS) is 13.0. The minimum Gasteiger partial charge on any atom is -0.310 e. The first-order valence-corrected chi connectivity index (χ1v) is 15.4. The summed E-state index contributed by atoms with van der Waals surface area (Å²) in [5.41, 5.74) is 13.8. The number of rotatable bonds is 5. The molecular formula is C43H33N. The fraction of sp³-hybridized carbons (Fsp3) is 0.0698. The Bertz CT molecular complexity index is 2090. The Morgan fingerprint density at radius 1 is 0.386 bits per heavy atom. The Labute approximate surface area is 259 Å².